The van der Waals surface area contributed by atoms with E-state index < -0.39 is 25.5 Å². The van der Waals surface area contributed by atoms with Crippen molar-refractivity contribution in [3.05, 3.63) is 58.3 Å². The molecule has 0 aliphatic heterocycles. The second kappa shape index (κ2) is 5.25. The maximum atomic E-state index is 12.2. The molecule has 0 atom stereocenters. The van der Waals surface area contributed by atoms with E-state index in [9.17, 15) is 18.5 Å². The van der Waals surface area contributed by atoms with Gasteiger partial charge in [0.2, 0.25) is 0 Å². The average Bonchev–Trinajstić information content (AvgIpc) is 2.41. The van der Waals surface area contributed by atoms with Gasteiger partial charge in [0.25, 0.3) is 15.7 Å². The maximum Gasteiger partial charge on any atom is 0.289 e. The van der Waals surface area contributed by atoms with Gasteiger partial charge in [-0.25, -0.2) is 13.4 Å². The van der Waals surface area contributed by atoms with E-state index in [4.69, 9.17) is 0 Å². The van der Waals surface area contributed by atoms with Crippen molar-refractivity contribution < 1.29 is 13.3 Å². The summed E-state index contributed by atoms with van der Waals surface area (Å²) in [6.07, 6.45) is 1.50. The van der Waals surface area contributed by atoms with Gasteiger partial charge in [0, 0.05) is 12.3 Å². The molecule has 2 aromatic rings. The number of nitro benzene ring substituents is 1. The van der Waals surface area contributed by atoms with Crippen LogP contribution in [0.1, 0.15) is 5.56 Å². The fourth-order valence-electron chi connectivity index (χ4n) is 1.56. The van der Waals surface area contributed by atoms with Crippen molar-refractivity contribution in [3.63, 3.8) is 0 Å². The van der Waals surface area contributed by atoms with Crippen molar-refractivity contribution in [3.8, 4) is 0 Å². The Kier molecular flexibility index (Phi) is 3.66. The zero-order chi connectivity index (χ0) is 14.8. The number of rotatable bonds is 4. The highest BCUT2D eigenvalue weighted by molar-refractivity contribution is 7.92. The van der Waals surface area contributed by atoms with Gasteiger partial charge in [0.1, 0.15) is 5.82 Å². The third-order valence-electron chi connectivity index (χ3n) is 2.50. The van der Waals surface area contributed by atoms with Crippen LogP contribution in [0, 0.1) is 17.0 Å². The predicted molar refractivity (Wildman–Crippen MR) is 72.9 cm³/mol. The number of nitrogens with one attached hydrogen (secondary N) is 1. The van der Waals surface area contributed by atoms with Crippen LogP contribution in [0.2, 0.25) is 0 Å². The quantitative estimate of drug-likeness (QED) is 0.687. The van der Waals surface area contributed by atoms with E-state index in [2.05, 4.69) is 9.71 Å². The zero-order valence-corrected chi connectivity index (χ0v) is 11.3. The molecule has 0 saturated carbocycles. The van der Waals surface area contributed by atoms with Gasteiger partial charge in [-0.05, 0) is 24.6 Å². The fourth-order valence-corrected chi connectivity index (χ4v) is 2.74. The molecule has 0 aliphatic rings. The number of hydrogen-bond donors (Lipinski definition) is 1. The van der Waals surface area contributed by atoms with Crippen molar-refractivity contribution in [2.24, 2.45) is 0 Å². The third kappa shape index (κ3) is 2.91. The summed E-state index contributed by atoms with van der Waals surface area (Å²) in [5, 5.41) is 10.9. The molecule has 0 fully saturated rings. The first-order chi connectivity index (χ1) is 9.40. The Morgan fingerprint density at radius 2 is 1.90 bits per heavy atom. The third-order valence-corrected chi connectivity index (χ3v) is 3.90. The van der Waals surface area contributed by atoms with Gasteiger partial charge in [-0.15, -0.1) is 0 Å². The minimum Gasteiger partial charge on any atom is -0.263 e. The number of sulfonamides is 1. The lowest BCUT2D eigenvalue weighted by atomic mass is 10.3. The highest BCUT2D eigenvalue weighted by Gasteiger charge is 2.25. The van der Waals surface area contributed by atoms with Crippen LogP contribution in [0.15, 0.2) is 47.5 Å². The lowest BCUT2D eigenvalue weighted by Gasteiger charge is -2.07. The zero-order valence-electron chi connectivity index (χ0n) is 10.5. The highest BCUT2D eigenvalue weighted by atomic mass is 32.2. The monoisotopic (exact) mass is 293 g/mol. The average molecular weight is 293 g/mol. The van der Waals surface area contributed by atoms with Crippen LogP contribution < -0.4 is 4.72 Å². The van der Waals surface area contributed by atoms with Crippen molar-refractivity contribution in [1.29, 1.82) is 0 Å². The van der Waals surface area contributed by atoms with Gasteiger partial charge < -0.3 is 0 Å². The molecule has 0 amide bonds. The number of aryl methyl sites for hydroxylation is 1. The number of nitro groups is 1. The standard InChI is InChI=1S/C12H11N3O4S/c1-9-6-7-12(13-8-9)14-20(18,19)11-5-3-2-4-10(11)15(16)17/h2-8H,1H3,(H,13,14). The normalized spacial score (nSPS) is 11.1. The van der Waals surface area contributed by atoms with E-state index in [0.29, 0.717) is 0 Å². The predicted octanol–water partition coefficient (Wildman–Crippen LogP) is 2.10. The second-order valence-corrected chi connectivity index (χ2v) is 5.70. The molecule has 8 heteroatoms. The number of aromatic nitrogens is 1. The Morgan fingerprint density at radius 3 is 2.50 bits per heavy atom. The van der Waals surface area contributed by atoms with Crippen molar-refractivity contribution in [2.45, 2.75) is 11.8 Å². The molecule has 0 aliphatic carbocycles. The summed E-state index contributed by atoms with van der Waals surface area (Å²) < 4.78 is 26.5. The molecule has 0 bridgehead atoms. The molecule has 1 aromatic heterocycles. The Morgan fingerprint density at radius 1 is 1.20 bits per heavy atom. The van der Waals surface area contributed by atoms with E-state index >= 15 is 0 Å². The van der Waals surface area contributed by atoms with Crippen molar-refractivity contribution in [2.75, 3.05) is 4.72 Å². The summed E-state index contributed by atoms with van der Waals surface area (Å²) in [5.41, 5.74) is 0.394. The van der Waals surface area contributed by atoms with Gasteiger partial charge in [-0.2, -0.15) is 0 Å². The molecule has 1 aromatic carbocycles. The van der Waals surface area contributed by atoms with Gasteiger partial charge in [0.05, 0.1) is 4.92 Å². The van der Waals surface area contributed by atoms with Gasteiger partial charge in [-0.3, -0.25) is 14.8 Å². The molecule has 1 heterocycles. The Bertz CT molecular complexity index is 742. The molecule has 104 valence electrons. The number of nitrogens with zero attached hydrogens (tertiary/aromatic N) is 2. The molecule has 0 saturated heterocycles. The molecule has 20 heavy (non-hydrogen) atoms. The Hall–Kier alpha value is -2.48. The van der Waals surface area contributed by atoms with Gasteiger partial charge in [-0.1, -0.05) is 18.2 Å². The molecule has 0 unspecified atom stereocenters. The van der Waals surface area contributed by atoms with E-state index in [-0.39, 0.29) is 5.82 Å². The first kappa shape index (κ1) is 13.9. The minimum absolute atomic E-state index is 0.105. The van der Waals surface area contributed by atoms with E-state index in [1.807, 2.05) is 6.92 Å². The summed E-state index contributed by atoms with van der Waals surface area (Å²) in [5.74, 6) is 0.105. The van der Waals surface area contributed by atoms with E-state index in [1.165, 1.54) is 30.5 Å². The minimum atomic E-state index is -4.06. The van der Waals surface area contributed by atoms with Crippen LogP contribution in [-0.2, 0) is 10.0 Å². The molecular weight excluding hydrogens is 282 g/mol. The molecular formula is C12H11N3O4S. The van der Waals surface area contributed by atoms with Gasteiger partial charge >= 0.3 is 0 Å². The number of benzene rings is 1. The van der Waals surface area contributed by atoms with Crippen LogP contribution >= 0.6 is 0 Å². The highest BCUT2D eigenvalue weighted by Crippen LogP contribution is 2.24. The Balaban J connectivity index is 2.41. The van der Waals surface area contributed by atoms with Crippen LogP contribution in [0.4, 0.5) is 11.5 Å². The summed E-state index contributed by atoms with van der Waals surface area (Å²) in [4.78, 5) is 13.6. The first-order valence-electron chi connectivity index (χ1n) is 5.59. The SMILES string of the molecule is Cc1ccc(NS(=O)(=O)c2ccccc2[N+](=O)[O-])nc1. The van der Waals surface area contributed by atoms with Crippen LogP contribution in [0.3, 0.4) is 0 Å². The number of para-hydroxylation sites is 1. The van der Waals surface area contributed by atoms with E-state index in [0.717, 1.165) is 11.6 Å². The lowest BCUT2D eigenvalue weighted by molar-refractivity contribution is -0.387. The Labute approximate surface area is 115 Å². The molecule has 1 N–H and O–H groups in total. The second-order valence-electron chi connectivity index (χ2n) is 4.05. The number of hydrogen-bond acceptors (Lipinski definition) is 5. The molecule has 0 spiro atoms. The smallest absolute Gasteiger partial charge is 0.263 e. The summed E-state index contributed by atoms with van der Waals surface area (Å²) in [7, 11) is -4.06. The number of anilines is 1. The largest absolute Gasteiger partial charge is 0.289 e. The molecule has 0 radical (unpaired) electrons. The maximum absolute atomic E-state index is 12.2. The lowest BCUT2D eigenvalue weighted by Crippen LogP contribution is -2.15. The van der Waals surface area contributed by atoms with Crippen LogP contribution in [0.25, 0.3) is 0 Å². The summed E-state index contributed by atoms with van der Waals surface area (Å²) in [6, 6.07) is 8.31. The van der Waals surface area contributed by atoms with Crippen molar-refractivity contribution >= 4 is 21.5 Å². The van der Waals surface area contributed by atoms with Crippen LogP contribution in [-0.4, -0.2) is 18.3 Å². The summed E-state index contributed by atoms with van der Waals surface area (Å²) >= 11 is 0. The molecule has 2 rings (SSSR count). The topological polar surface area (TPSA) is 102 Å². The first-order valence-corrected chi connectivity index (χ1v) is 7.07. The van der Waals surface area contributed by atoms with Crippen LogP contribution in [0.5, 0.6) is 0 Å². The molecule has 7 nitrogen and oxygen atoms in total. The fraction of sp³-hybridized carbons (Fsp3) is 0.0833. The summed E-state index contributed by atoms with van der Waals surface area (Å²) in [6.45, 7) is 1.81. The van der Waals surface area contributed by atoms with E-state index in [1.54, 1.807) is 6.07 Å². The number of pyridine rings is 1. The van der Waals surface area contributed by atoms with Gasteiger partial charge in [0.15, 0.2) is 4.90 Å². The van der Waals surface area contributed by atoms with Crippen molar-refractivity contribution in [1.82, 2.24) is 4.98 Å².